The van der Waals surface area contributed by atoms with Gasteiger partial charge in [0.1, 0.15) is 5.75 Å². The highest BCUT2D eigenvalue weighted by Crippen LogP contribution is 2.25. The number of anilines is 2. The van der Waals surface area contributed by atoms with Gasteiger partial charge in [-0.25, -0.2) is 4.79 Å². The lowest BCUT2D eigenvalue weighted by Gasteiger charge is -2.11. The number of hydrogen-bond donors (Lipinski definition) is 2. The van der Waals surface area contributed by atoms with Crippen molar-refractivity contribution < 1.29 is 14.6 Å². The van der Waals surface area contributed by atoms with Gasteiger partial charge in [-0.3, -0.25) is 0 Å². The Labute approximate surface area is 118 Å². The van der Waals surface area contributed by atoms with Gasteiger partial charge in [0.05, 0.1) is 17.9 Å². The van der Waals surface area contributed by atoms with Crippen LogP contribution in [0.4, 0.5) is 11.4 Å². The van der Waals surface area contributed by atoms with Crippen LogP contribution in [0, 0.1) is 6.92 Å². The molecule has 0 aliphatic rings. The summed E-state index contributed by atoms with van der Waals surface area (Å²) < 4.78 is 5.42. The van der Waals surface area contributed by atoms with E-state index in [0.717, 1.165) is 17.0 Å². The Kier molecular flexibility index (Phi) is 4.25. The number of hydrogen-bond acceptors (Lipinski definition) is 3. The molecule has 0 bridgehead atoms. The summed E-state index contributed by atoms with van der Waals surface area (Å²) >= 11 is 0. The topological polar surface area (TPSA) is 58.6 Å². The van der Waals surface area contributed by atoms with E-state index in [4.69, 9.17) is 4.74 Å². The highest BCUT2D eigenvalue weighted by Gasteiger charge is 2.10. The zero-order chi connectivity index (χ0) is 14.5. The Morgan fingerprint density at radius 2 is 2.05 bits per heavy atom. The average molecular weight is 271 g/mol. The van der Waals surface area contributed by atoms with Crippen LogP contribution in [0.25, 0.3) is 0 Å². The van der Waals surface area contributed by atoms with Gasteiger partial charge in [0.25, 0.3) is 0 Å². The zero-order valence-corrected chi connectivity index (χ0v) is 11.5. The molecule has 0 radical (unpaired) electrons. The first-order valence-electron chi connectivity index (χ1n) is 6.44. The van der Waals surface area contributed by atoms with E-state index < -0.39 is 5.97 Å². The first kappa shape index (κ1) is 13.9. The maximum absolute atomic E-state index is 11.3. The summed E-state index contributed by atoms with van der Waals surface area (Å²) in [5.74, 6) is -0.196. The van der Waals surface area contributed by atoms with Gasteiger partial charge in [0.15, 0.2) is 0 Å². The summed E-state index contributed by atoms with van der Waals surface area (Å²) in [7, 11) is 0. The molecule has 2 aromatic carbocycles. The maximum atomic E-state index is 11.3. The fraction of sp³-hybridized carbons (Fsp3) is 0.188. The van der Waals surface area contributed by atoms with Crippen molar-refractivity contribution in [2.45, 2.75) is 13.8 Å². The Bertz CT molecular complexity index is 623. The number of aryl methyl sites for hydroxylation is 1. The monoisotopic (exact) mass is 271 g/mol. The van der Waals surface area contributed by atoms with Crippen molar-refractivity contribution >= 4 is 17.3 Å². The molecule has 0 saturated carbocycles. The van der Waals surface area contributed by atoms with Crippen molar-refractivity contribution in [2.75, 3.05) is 11.9 Å². The number of ether oxygens (including phenoxy) is 1. The molecule has 0 spiro atoms. The Balaban J connectivity index is 2.30. The summed E-state index contributed by atoms with van der Waals surface area (Å²) in [5.41, 5.74) is 2.53. The van der Waals surface area contributed by atoms with E-state index in [-0.39, 0.29) is 5.56 Å². The van der Waals surface area contributed by atoms with Crippen molar-refractivity contribution in [3.05, 3.63) is 53.6 Å². The van der Waals surface area contributed by atoms with Crippen LogP contribution >= 0.6 is 0 Å². The lowest BCUT2D eigenvalue weighted by atomic mass is 10.1. The molecule has 0 unspecified atom stereocenters. The van der Waals surface area contributed by atoms with Gasteiger partial charge < -0.3 is 15.2 Å². The number of carbonyl (C=O) groups is 1. The first-order valence-corrected chi connectivity index (χ1v) is 6.44. The quantitative estimate of drug-likeness (QED) is 0.867. The Hall–Kier alpha value is -2.49. The number of nitrogens with one attached hydrogen (secondary N) is 1. The van der Waals surface area contributed by atoms with Crippen LogP contribution in [0.3, 0.4) is 0 Å². The minimum atomic E-state index is -0.947. The number of carboxylic acid groups (broad SMARTS) is 1. The van der Waals surface area contributed by atoms with Crippen molar-refractivity contribution in [1.82, 2.24) is 0 Å². The summed E-state index contributed by atoms with van der Waals surface area (Å²) in [6.45, 7) is 4.38. The molecule has 0 aromatic heterocycles. The van der Waals surface area contributed by atoms with Gasteiger partial charge in [0, 0.05) is 11.8 Å². The molecular formula is C16H17NO3. The maximum Gasteiger partial charge on any atom is 0.337 e. The molecule has 0 aliphatic carbocycles. The van der Waals surface area contributed by atoms with Gasteiger partial charge in [-0.1, -0.05) is 17.7 Å². The molecule has 4 nitrogen and oxygen atoms in total. The smallest absolute Gasteiger partial charge is 0.337 e. The predicted molar refractivity (Wildman–Crippen MR) is 79.0 cm³/mol. The Morgan fingerprint density at radius 3 is 2.75 bits per heavy atom. The number of rotatable bonds is 5. The minimum Gasteiger partial charge on any atom is -0.494 e. The highest BCUT2D eigenvalue weighted by atomic mass is 16.5. The summed E-state index contributed by atoms with van der Waals surface area (Å²) in [4.78, 5) is 11.3. The van der Waals surface area contributed by atoms with E-state index >= 15 is 0 Å². The van der Waals surface area contributed by atoms with Crippen LogP contribution in [0.5, 0.6) is 5.75 Å². The minimum absolute atomic E-state index is 0.256. The summed E-state index contributed by atoms with van der Waals surface area (Å²) in [6, 6.07) is 12.7. The van der Waals surface area contributed by atoms with E-state index in [1.165, 1.54) is 0 Å². The normalized spacial score (nSPS) is 10.1. The molecule has 2 rings (SSSR count). The molecule has 4 heteroatoms. The van der Waals surface area contributed by atoms with Crippen LogP contribution in [-0.2, 0) is 0 Å². The molecule has 2 aromatic rings. The SMILES string of the molecule is CCOc1cccc(Nc2ccc(C)cc2C(=O)O)c1. The third-order valence-electron chi connectivity index (χ3n) is 2.83. The second kappa shape index (κ2) is 6.10. The van der Waals surface area contributed by atoms with E-state index in [0.29, 0.717) is 12.3 Å². The lowest BCUT2D eigenvalue weighted by Crippen LogP contribution is -2.03. The van der Waals surface area contributed by atoms with Gasteiger partial charge >= 0.3 is 5.97 Å². The molecule has 2 N–H and O–H groups in total. The molecule has 0 atom stereocenters. The average Bonchev–Trinajstić information content (AvgIpc) is 2.41. The van der Waals surface area contributed by atoms with Crippen LogP contribution in [0.1, 0.15) is 22.8 Å². The fourth-order valence-corrected chi connectivity index (χ4v) is 1.93. The van der Waals surface area contributed by atoms with Crippen molar-refractivity contribution in [3.63, 3.8) is 0 Å². The van der Waals surface area contributed by atoms with Crippen molar-refractivity contribution in [1.29, 1.82) is 0 Å². The largest absolute Gasteiger partial charge is 0.494 e. The second-order valence-corrected chi connectivity index (χ2v) is 4.44. The zero-order valence-electron chi connectivity index (χ0n) is 11.5. The van der Waals surface area contributed by atoms with Gasteiger partial charge in [-0.05, 0) is 38.1 Å². The molecule has 0 fully saturated rings. The fourth-order valence-electron chi connectivity index (χ4n) is 1.93. The highest BCUT2D eigenvalue weighted by molar-refractivity contribution is 5.95. The van der Waals surface area contributed by atoms with E-state index in [9.17, 15) is 9.90 Å². The van der Waals surface area contributed by atoms with Crippen molar-refractivity contribution in [3.8, 4) is 5.75 Å². The lowest BCUT2D eigenvalue weighted by molar-refractivity contribution is 0.0698. The van der Waals surface area contributed by atoms with Crippen LogP contribution in [0.15, 0.2) is 42.5 Å². The predicted octanol–water partition coefficient (Wildman–Crippen LogP) is 3.84. The molecule has 0 heterocycles. The molecular weight excluding hydrogens is 254 g/mol. The standard InChI is InChI=1S/C16H17NO3/c1-3-20-13-6-4-5-12(10-13)17-15-8-7-11(2)9-14(15)16(18)19/h4-10,17H,3H2,1-2H3,(H,18,19). The molecule has 104 valence electrons. The number of benzene rings is 2. The summed E-state index contributed by atoms with van der Waals surface area (Å²) in [5, 5.41) is 12.4. The van der Waals surface area contributed by atoms with E-state index in [1.54, 1.807) is 12.1 Å². The number of aromatic carboxylic acids is 1. The molecule has 20 heavy (non-hydrogen) atoms. The van der Waals surface area contributed by atoms with Crippen LogP contribution < -0.4 is 10.1 Å². The van der Waals surface area contributed by atoms with E-state index in [1.807, 2.05) is 44.2 Å². The summed E-state index contributed by atoms with van der Waals surface area (Å²) in [6.07, 6.45) is 0. The van der Waals surface area contributed by atoms with Crippen LogP contribution in [-0.4, -0.2) is 17.7 Å². The first-order chi connectivity index (χ1) is 9.60. The third-order valence-corrected chi connectivity index (χ3v) is 2.83. The third kappa shape index (κ3) is 3.29. The molecule has 0 saturated heterocycles. The second-order valence-electron chi connectivity index (χ2n) is 4.44. The molecule has 0 aliphatic heterocycles. The Morgan fingerprint density at radius 1 is 1.25 bits per heavy atom. The van der Waals surface area contributed by atoms with E-state index in [2.05, 4.69) is 5.32 Å². The van der Waals surface area contributed by atoms with Gasteiger partial charge in [-0.15, -0.1) is 0 Å². The molecule has 0 amide bonds. The van der Waals surface area contributed by atoms with Crippen LogP contribution in [0.2, 0.25) is 0 Å². The van der Waals surface area contributed by atoms with Gasteiger partial charge in [-0.2, -0.15) is 0 Å². The number of carboxylic acids is 1. The van der Waals surface area contributed by atoms with Crippen molar-refractivity contribution in [2.24, 2.45) is 0 Å². The van der Waals surface area contributed by atoms with Gasteiger partial charge in [0.2, 0.25) is 0 Å².